The lowest BCUT2D eigenvalue weighted by atomic mass is 9.92. The van der Waals surface area contributed by atoms with Crippen LogP contribution in [0.4, 0.5) is 0 Å². The maximum Gasteiger partial charge on any atom is 0.164 e. The number of aryl methyl sites for hydroxylation is 4. The van der Waals surface area contributed by atoms with E-state index in [4.69, 9.17) is 15.0 Å². The predicted molar refractivity (Wildman–Crippen MR) is 279 cm³/mol. The van der Waals surface area contributed by atoms with Crippen molar-refractivity contribution >= 4 is 43.6 Å². The quantitative estimate of drug-likeness (QED) is 0.160. The predicted octanol–water partition coefficient (Wildman–Crippen LogP) is 15.5. The third-order valence-electron chi connectivity index (χ3n) is 13.2. The summed E-state index contributed by atoms with van der Waals surface area (Å²) in [5, 5.41) is 15.3. The number of benzene rings is 9. The van der Waals surface area contributed by atoms with Crippen LogP contribution in [0.15, 0.2) is 194 Å². The second-order valence-electron chi connectivity index (χ2n) is 17.9. The van der Waals surface area contributed by atoms with Crippen LogP contribution in [0.3, 0.4) is 0 Å². The van der Waals surface area contributed by atoms with Crippen molar-refractivity contribution in [2.24, 2.45) is 0 Å². The zero-order valence-electron chi connectivity index (χ0n) is 38.2. The Labute approximate surface area is 394 Å². The molecule has 12 rings (SSSR count). The van der Waals surface area contributed by atoms with Crippen LogP contribution in [0, 0.1) is 39.0 Å². The van der Waals surface area contributed by atoms with Crippen molar-refractivity contribution in [1.29, 1.82) is 5.26 Å². The van der Waals surface area contributed by atoms with Gasteiger partial charge in [0.05, 0.1) is 39.4 Å². The van der Waals surface area contributed by atoms with Crippen molar-refractivity contribution in [2.75, 3.05) is 0 Å². The fourth-order valence-electron chi connectivity index (χ4n) is 10.0. The first kappa shape index (κ1) is 40.6. The normalized spacial score (nSPS) is 11.5. The van der Waals surface area contributed by atoms with E-state index in [0.29, 0.717) is 23.0 Å². The van der Waals surface area contributed by atoms with Gasteiger partial charge in [-0.05, 0) is 129 Å². The summed E-state index contributed by atoms with van der Waals surface area (Å²) in [6.45, 7) is 8.62. The molecule has 0 aliphatic carbocycles. The van der Waals surface area contributed by atoms with Crippen LogP contribution < -0.4 is 0 Å². The summed E-state index contributed by atoms with van der Waals surface area (Å²) in [7, 11) is 0. The smallest absolute Gasteiger partial charge is 0.164 e. The highest BCUT2D eigenvalue weighted by Crippen LogP contribution is 2.44. The largest absolute Gasteiger partial charge is 0.309 e. The van der Waals surface area contributed by atoms with Crippen molar-refractivity contribution < 1.29 is 0 Å². The zero-order chi connectivity index (χ0) is 46.0. The molecule has 68 heavy (non-hydrogen) atoms. The molecule has 0 atom stereocenters. The number of hydrogen-bond acceptors (Lipinski definition) is 4. The SMILES string of the molecule is Cc1ccc2c(c1)c1cc(C)ccc1n2-c1ccc(-c2nc(-c3ccccc3)nc(-c3ccccc3)n2)c(-c2cc(-c3ccccc3C#N)ccc2-n2c3ccc(C)cc3c3cc(C)ccc32)c1. The minimum atomic E-state index is 0.551. The summed E-state index contributed by atoms with van der Waals surface area (Å²) in [5.74, 6) is 1.72. The summed E-state index contributed by atoms with van der Waals surface area (Å²) in [5.41, 5.74) is 18.2. The number of hydrogen-bond donors (Lipinski definition) is 0. The number of rotatable bonds is 7. The molecule has 9 aromatic carbocycles. The Morgan fingerprint density at radius 1 is 0.353 bits per heavy atom. The Bertz CT molecular complexity index is 3840. The molecule has 0 N–H and O–H groups in total. The van der Waals surface area contributed by atoms with Gasteiger partial charge in [-0.3, -0.25) is 0 Å². The van der Waals surface area contributed by atoms with E-state index in [1.807, 2.05) is 84.9 Å². The lowest BCUT2D eigenvalue weighted by molar-refractivity contribution is 1.07. The fraction of sp³-hybridized carbons (Fsp3) is 0.0645. The minimum Gasteiger partial charge on any atom is -0.309 e. The Balaban J connectivity index is 1.23. The Kier molecular flexibility index (Phi) is 9.67. The van der Waals surface area contributed by atoms with Crippen LogP contribution in [0.1, 0.15) is 27.8 Å². The summed E-state index contributed by atoms with van der Waals surface area (Å²) in [6.07, 6.45) is 0. The van der Waals surface area contributed by atoms with E-state index in [1.54, 1.807) is 0 Å². The van der Waals surface area contributed by atoms with E-state index < -0.39 is 0 Å². The van der Waals surface area contributed by atoms with Gasteiger partial charge in [-0.25, -0.2) is 15.0 Å². The van der Waals surface area contributed by atoms with Gasteiger partial charge in [0.1, 0.15) is 0 Å². The van der Waals surface area contributed by atoms with Crippen LogP contribution in [-0.4, -0.2) is 24.1 Å². The van der Waals surface area contributed by atoms with Gasteiger partial charge in [0, 0.05) is 49.5 Å². The first-order valence-electron chi connectivity index (χ1n) is 23.0. The van der Waals surface area contributed by atoms with Gasteiger partial charge in [0.25, 0.3) is 0 Å². The Hall–Kier alpha value is -8.92. The van der Waals surface area contributed by atoms with Crippen LogP contribution in [0.25, 0.3) is 111 Å². The number of aromatic nitrogens is 5. The second kappa shape index (κ2) is 16.2. The van der Waals surface area contributed by atoms with E-state index in [2.05, 4.69) is 152 Å². The summed E-state index contributed by atoms with van der Waals surface area (Å²) < 4.78 is 4.79. The topological polar surface area (TPSA) is 72.3 Å². The molecular formula is C62H44N6. The van der Waals surface area contributed by atoms with Gasteiger partial charge in [-0.2, -0.15) is 5.26 Å². The van der Waals surface area contributed by atoms with E-state index in [9.17, 15) is 5.26 Å². The number of fused-ring (bicyclic) bond motifs is 6. The lowest BCUT2D eigenvalue weighted by Gasteiger charge is -2.20. The standard InChI is InChI=1S/C62H44N6/c1-38-19-26-55-50(31-38)51-32-39(2)20-27-56(51)67(55)46-24-25-48(62-65-60(42-13-7-5-8-14-42)64-61(66-62)43-15-9-6-10-16-43)49(36-46)54-35-44(47-18-12-11-17-45(47)37-63)23-30-59(54)68-57-28-21-40(3)33-52(57)53-34-41(4)22-29-58(53)68/h5-36H,1-4H3. The van der Waals surface area contributed by atoms with Gasteiger partial charge in [-0.1, -0.05) is 131 Å². The molecule has 12 aromatic rings. The van der Waals surface area contributed by atoms with Crippen molar-refractivity contribution in [2.45, 2.75) is 27.7 Å². The first-order chi connectivity index (χ1) is 33.3. The van der Waals surface area contributed by atoms with Crippen LogP contribution in [0.2, 0.25) is 0 Å². The molecular weight excluding hydrogens is 829 g/mol. The number of nitriles is 1. The molecule has 0 radical (unpaired) electrons. The third-order valence-corrected chi connectivity index (χ3v) is 13.2. The molecule has 0 bridgehead atoms. The fourth-order valence-corrected chi connectivity index (χ4v) is 10.0. The van der Waals surface area contributed by atoms with Crippen molar-refractivity contribution in [3.8, 4) is 73.9 Å². The highest BCUT2D eigenvalue weighted by Gasteiger charge is 2.24. The first-order valence-corrected chi connectivity index (χ1v) is 23.0. The average Bonchev–Trinajstić information content (AvgIpc) is 3.86. The van der Waals surface area contributed by atoms with Gasteiger partial charge in [0.15, 0.2) is 17.5 Å². The minimum absolute atomic E-state index is 0.551. The van der Waals surface area contributed by atoms with Gasteiger partial charge >= 0.3 is 0 Å². The van der Waals surface area contributed by atoms with E-state index in [-0.39, 0.29) is 0 Å². The van der Waals surface area contributed by atoms with Gasteiger partial charge < -0.3 is 9.13 Å². The van der Waals surface area contributed by atoms with Gasteiger partial charge in [-0.15, -0.1) is 0 Å². The molecule has 0 aliphatic rings. The molecule has 0 amide bonds. The van der Waals surface area contributed by atoms with Crippen LogP contribution >= 0.6 is 0 Å². The molecule has 6 heteroatoms. The van der Waals surface area contributed by atoms with Crippen molar-refractivity contribution in [1.82, 2.24) is 24.1 Å². The Morgan fingerprint density at radius 2 is 0.824 bits per heavy atom. The van der Waals surface area contributed by atoms with E-state index in [0.717, 1.165) is 72.4 Å². The lowest BCUT2D eigenvalue weighted by Crippen LogP contribution is -2.04. The summed E-state index contributed by atoms with van der Waals surface area (Å²) >= 11 is 0. The number of nitrogens with zero attached hydrogens (tertiary/aromatic N) is 6. The zero-order valence-corrected chi connectivity index (χ0v) is 38.2. The van der Waals surface area contributed by atoms with E-state index >= 15 is 0 Å². The molecule has 0 saturated carbocycles. The average molecular weight is 873 g/mol. The highest BCUT2D eigenvalue weighted by molar-refractivity contribution is 6.12. The molecule has 322 valence electrons. The van der Waals surface area contributed by atoms with Crippen molar-refractivity contribution in [3.63, 3.8) is 0 Å². The molecule has 3 heterocycles. The van der Waals surface area contributed by atoms with Crippen LogP contribution in [-0.2, 0) is 0 Å². The molecule has 0 unspecified atom stereocenters. The van der Waals surface area contributed by atoms with Crippen LogP contribution in [0.5, 0.6) is 0 Å². The Morgan fingerprint density at radius 3 is 1.34 bits per heavy atom. The molecule has 0 saturated heterocycles. The summed E-state index contributed by atoms with van der Waals surface area (Å²) in [6, 6.07) is 70.8. The summed E-state index contributed by atoms with van der Waals surface area (Å²) in [4.78, 5) is 15.8. The third kappa shape index (κ3) is 6.83. The molecule has 6 nitrogen and oxygen atoms in total. The molecule has 0 fully saturated rings. The van der Waals surface area contributed by atoms with Crippen molar-refractivity contribution in [3.05, 3.63) is 222 Å². The highest BCUT2D eigenvalue weighted by atomic mass is 15.0. The van der Waals surface area contributed by atoms with Gasteiger partial charge in [0.2, 0.25) is 0 Å². The monoisotopic (exact) mass is 872 g/mol. The second-order valence-corrected chi connectivity index (χ2v) is 17.9. The van der Waals surface area contributed by atoms with E-state index in [1.165, 1.54) is 43.8 Å². The molecule has 0 aliphatic heterocycles. The maximum absolute atomic E-state index is 10.5. The molecule has 3 aromatic heterocycles. The maximum atomic E-state index is 10.5. The molecule has 0 spiro atoms.